The zero-order valence-corrected chi connectivity index (χ0v) is 15.0. The van der Waals surface area contributed by atoms with Crippen LogP contribution in [0.25, 0.3) is 0 Å². The van der Waals surface area contributed by atoms with E-state index in [1.807, 2.05) is 10.8 Å². The third kappa shape index (κ3) is 5.14. The van der Waals surface area contributed by atoms with Crippen LogP contribution in [0.4, 0.5) is 5.13 Å². The lowest BCUT2D eigenvalue weighted by Crippen LogP contribution is -2.32. The van der Waals surface area contributed by atoms with Crippen LogP contribution < -0.4 is 5.32 Å². The highest BCUT2D eigenvalue weighted by Crippen LogP contribution is 2.21. The van der Waals surface area contributed by atoms with E-state index in [4.69, 9.17) is 0 Å². The third-order valence-electron chi connectivity index (χ3n) is 4.44. The minimum absolute atomic E-state index is 0.0304. The summed E-state index contributed by atoms with van der Waals surface area (Å²) in [5.41, 5.74) is 1.06. The summed E-state index contributed by atoms with van der Waals surface area (Å²) in [5.74, 6) is 0.872. The molecule has 0 atom stereocenters. The van der Waals surface area contributed by atoms with Gasteiger partial charge >= 0.3 is 0 Å². The summed E-state index contributed by atoms with van der Waals surface area (Å²) in [5, 5.41) is 5.68. The van der Waals surface area contributed by atoms with E-state index in [0.717, 1.165) is 44.2 Å². The number of nitrogens with one attached hydrogen (secondary N) is 1. The molecule has 1 fully saturated rings. The number of carbonyl (C=O) groups excluding carboxylic acids is 1. The van der Waals surface area contributed by atoms with Crippen LogP contribution >= 0.6 is 11.3 Å². The number of nitrogens with zero attached hydrogens (tertiary/aromatic N) is 4. The molecule has 1 aliphatic heterocycles. The smallest absolute Gasteiger partial charge is 0.226 e. The van der Waals surface area contributed by atoms with Crippen LogP contribution in [0, 0.1) is 5.92 Å². The molecule has 3 heterocycles. The fourth-order valence-corrected chi connectivity index (χ4v) is 3.63. The van der Waals surface area contributed by atoms with Gasteiger partial charge in [0.2, 0.25) is 5.91 Å². The van der Waals surface area contributed by atoms with Gasteiger partial charge in [0.25, 0.3) is 0 Å². The number of piperidine rings is 1. The van der Waals surface area contributed by atoms with Gasteiger partial charge in [-0.15, -0.1) is 11.3 Å². The zero-order chi connectivity index (χ0) is 16.8. The van der Waals surface area contributed by atoms with Gasteiger partial charge in [-0.05, 0) is 38.3 Å². The summed E-state index contributed by atoms with van der Waals surface area (Å²) < 4.78 is 1.98. The summed E-state index contributed by atoms with van der Waals surface area (Å²) in [6, 6.07) is 0. The van der Waals surface area contributed by atoms with E-state index in [1.165, 1.54) is 24.2 Å². The Morgan fingerprint density at radius 2 is 2.25 bits per heavy atom. The molecule has 0 radical (unpaired) electrons. The molecule has 6 nitrogen and oxygen atoms in total. The van der Waals surface area contributed by atoms with Gasteiger partial charge in [-0.25, -0.2) is 9.97 Å². The Morgan fingerprint density at radius 1 is 1.42 bits per heavy atom. The van der Waals surface area contributed by atoms with Crippen molar-refractivity contribution in [3.8, 4) is 0 Å². The van der Waals surface area contributed by atoms with Crippen molar-refractivity contribution in [1.29, 1.82) is 0 Å². The van der Waals surface area contributed by atoms with Gasteiger partial charge in [0.05, 0.1) is 12.0 Å². The van der Waals surface area contributed by atoms with Crippen LogP contribution in [0.15, 0.2) is 24.1 Å². The number of hydrogen-bond acceptors (Lipinski definition) is 5. The van der Waals surface area contributed by atoms with Gasteiger partial charge < -0.3 is 9.88 Å². The predicted octanol–water partition coefficient (Wildman–Crippen LogP) is 2.99. The van der Waals surface area contributed by atoms with E-state index in [1.54, 1.807) is 12.5 Å². The molecule has 24 heavy (non-hydrogen) atoms. The number of aromatic nitrogens is 3. The Bertz CT molecular complexity index is 631. The summed E-state index contributed by atoms with van der Waals surface area (Å²) in [4.78, 5) is 23.0. The van der Waals surface area contributed by atoms with Gasteiger partial charge in [-0.3, -0.25) is 9.69 Å². The highest BCUT2D eigenvalue weighted by atomic mass is 32.1. The molecule has 0 saturated carbocycles. The topological polar surface area (TPSA) is 63.1 Å². The van der Waals surface area contributed by atoms with Crippen LogP contribution in [0.2, 0.25) is 0 Å². The highest BCUT2D eigenvalue weighted by molar-refractivity contribution is 7.13. The first-order chi connectivity index (χ1) is 11.7. The molecule has 1 saturated heterocycles. The SMILES string of the molecule is CC1CCN(Cc2csc(NC(=O)CCCn3ccnc3)n2)CC1. The fraction of sp³-hybridized carbons (Fsp3) is 0.588. The van der Waals surface area contributed by atoms with Gasteiger partial charge in [0.15, 0.2) is 5.13 Å². The Hall–Kier alpha value is -1.73. The second-order valence-corrected chi connectivity index (χ2v) is 7.41. The molecule has 1 amide bonds. The van der Waals surface area contributed by atoms with Gasteiger partial charge in [0, 0.05) is 37.3 Å². The van der Waals surface area contributed by atoms with Crippen molar-refractivity contribution in [3.05, 3.63) is 29.8 Å². The first-order valence-corrected chi connectivity index (χ1v) is 9.49. The zero-order valence-electron chi connectivity index (χ0n) is 14.1. The molecular formula is C17H25N5OS. The molecule has 2 aromatic rings. The average molecular weight is 347 g/mol. The fourth-order valence-electron chi connectivity index (χ4n) is 2.91. The second-order valence-electron chi connectivity index (χ2n) is 6.55. The molecule has 0 aromatic carbocycles. The molecule has 0 aliphatic carbocycles. The molecule has 130 valence electrons. The summed E-state index contributed by atoms with van der Waals surface area (Å²) in [6.45, 7) is 6.31. The van der Waals surface area contributed by atoms with Crippen molar-refractivity contribution in [3.63, 3.8) is 0 Å². The molecule has 1 N–H and O–H groups in total. The van der Waals surface area contributed by atoms with Crippen molar-refractivity contribution in [2.24, 2.45) is 5.92 Å². The largest absolute Gasteiger partial charge is 0.337 e. The van der Waals surface area contributed by atoms with Crippen LogP contribution in [0.5, 0.6) is 0 Å². The molecule has 7 heteroatoms. The lowest BCUT2D eigenvalue weighted by Gasteiger charge is -2.29. The molecule has 0 spiro atoms. The van der Waals surface area contributed by atoms with E-state index < -0.39 is 0 Å². The van der Waals surface area contributed by atoms with Gasteiger partial charge in [-0.2, -0.15) is 0 Å². The molecular weight excluding hydrogens is 322 g/mol. The van der Waals surface area contributed by atoms with Crippen molar-refractivity contribution >= 4 is 22.4 Å². The number of carbonyl (C=O) groups is 1. The van der Waals surface area contributed by atoms with E-state index >= 15 is 0 Å². The number of rotatable bonds is 7. The number of thiazole rings is 1. The van der Waals surface area contributed by atoms with Crippen LogP contribution in [0.1, 0.15) is 38.3 Å². The Labute approximate surface area is 146 Å². The maximum atomic E-state index is 12.0. The maximum absolute atomic E-state index is 12.0. The Kier molecular flexibility index (Phi) is 5.98. The second kappa shape index (κ2) is 8.39. The van der Waals surface area contributed by atoms with E-state index in [-0.39, 0.29) is 5.91 Å². The highest BCUT2D eigenvalue weighted by Gasteiger charge is 2.17. The first kappa shape index (κ1) is 17.1. The van der Waals surface area contributed by atoms with Crippen LogP contribution in [-0.2, 0) is 17.9 Å². The maximum Gasteiger partial charge on any atom is 0.226 e. The number of likely N-dealkylation sites (tertiary alicyclic amines) is 1. The Morgan fingerprint density at radius 3 is 3.00 bits per heavy atom. The number of anilines is 1. The lowest BCUT2D eigenvalue weighted by molar-refractivity contribution is -0.116. The van der Waals surface area contributed by atoms with Crippen molar-refractivity contribution in [1.82, 2.24) is 19.4 Å². The summed E-state index contributed by atoms with van der Waals surface area (Å²) >= 11 is 1.51. The summed E-state index contributed by atoms with van der Waals surface area (Å²) in [6.07, 6.45) is 9.26. The number of amides is 1. The predicted molar refractivity (Wildman–Crippen MR) is 95.9 cm³/mol. The van der Waals surface area contributed by atoms with Gasteiger partial charge in [0.1, 0.15) is 0 Å². The molecule has 2 aromatic heterocycles. The summed E-state index contributed by atoms with van der Waals surface area (Å²) in [7, 11) is 0. The van der Waals surface area contributed by atoms with Crippen LogP contribution in [0.3, 0.4) is 0 Å². The minimum Gasteiger partial charge on any atom is -0.337 e. The van der Waals surface area contributed by atoms with Crippen molar-refractivity contribution in [2.75, 3.05) is 18.4 Å². The number of hydrogen-bond donors (Lipinski definition) is 1. The molecule has 0 bridgehead atoms. The number of aryl methyl sites for hydroxylation is 1. The van der Waals surface area contributed by atoms with Crippen LogP contribution in [-0.4, -0.2) is 38.4 Å². The Balaban J connectivity index is 1.39. The van der Waals surface area contributed by atoms with Crippen molar-refractivity contribution < 1.29 is 4.79 Å². The van der Waals surface area contributed by atoms with E-state index in [0.29, 0.717) is 11.6 Å². The monoisotopic (exact) mass is 347 g/mol. The normalized spacial score (nSPS) is 16.4. The molecule has 1 aliphatic rings. The van der Waals surface area contributed by atoms with Crippen molar-refractivity contribution in [2.45, 2.75) is 45.7 Å². The molecule has 0 unspecified atom stereocenters. The van der Waals surface area contributed by atoms with E-state index in [2.05, 4.69) is 32.5 Å². The quantitative estimate of drug-likeness (QED) is 0.836. The number of imidazole rings is 1. The average Bonchev–Trinajstić information content (AvgIpc) is 3.22. The first-order valence-electron chi connectivity index (χ1n) is 8.61. The molecule has 3 rings (SSSR count). The van der Waals surface area contributed by atoms with Gasteiger partial charge in [-0.1, -0.05) is 6.92 Å². The minimum atomic E-state index is 0.0304. The van der Waals surface area contributed by atoms with E-state index in [9.17, 15) is 4.79 Å². The standard InChI is InChI=1S/C17H25N5OS/c1-14-4-8-21(9-5-14)11-15-12-24-17(19-15)20-16(23)3-2-7-22-10-6-18-13-22/h6,10,12-14H,2-5,7-9,11H2,1H3,(H,19,20,23). The third-order valence-corrected chi connectivity index (χ3v) is 5.25. The lowest BCUT2D eigenvalue weighted by atomic mass is 9.99.